The number of hydrogen-bond donors (Lipinski definition) is 1. The average molecular weight is 618 g/mol. The minimum atomic E-state index is -4.52. The van der Waals surface area contributed by atoms with Crippen molar-refractivity contribution in [2.75, 3.05) is 31.1 Å². The zero-order chi connectivity index (χ0) is 31.7. The Kier molecular flexibility index (Phi) is 10.3. The second-order valence-corrected chi connectivity index (χ2v) is 18.4. The van der Waals surface area contributed by atoms with Crippen LogP contribution < -0.4 is 10.2 Å². The quantitative estimate of drug-likeness (QED) is 0.407. The Balaban J connectivity index is 1.70. The summed E-state index contributed by atoms with van der Waals surface area (Å²) in [7, 11) is -2.29. The van der Waals surface area contributed by atoms with Gasteiger partial charge in [-0.1, -0.05) is 20.8 Å². The van der Waals surface area contributed by atoms with Crippen LogP contribution in [-0.4, -0.2) is 91.3 Å². The van der Waals surface area contributed by atoms with Gasteiger partial charge in [0.1, 0.15) is 11.7 Å². The number of carbonyl (C=O) groups excluding carboxylic acids is 2. The van der Waals surface area contributed by atoms with Crippen molar-refractivity contribution in [2.45, 2.75) is 116 Å². The standard InChI is InChI=1S/C28H46F3N5O5Si/c1-18(34-25(38)40-26(2,3)4)17-39-21-11-13-36(23(21)37)20-10-12-35(16-22(20)41-42(8,9)27(5,6)7)24-32-14-19(15-33-24)28(29,30)31/h14-15,18,20-22H,10-13,16-17H2,1-9H3,(H,34,38)/t18?,20-,21-,22-/m1/s1. The van der Waals surface area contributed by atoms with Crippen LogP contribution in [0.15, 0.2) is 12.4 Å². The molecular weight excluding hydrogens is 571 g/mol. The summed E-state index contributed by atoms with van der Waals surface area (Å²) < 4.78 is 57.2. The minimum absolute atomic E-state index is 0.0946. The molecule has 2 aliphatic heterocycles. The third-order valence-electron chi connectivity index (χ3n) is 7.93. The Labute approximate surface area is 247 Å². The summed E-state index contributed by atoms with van der Waals surface area (Å²) in [5, 5.41) is 2.63. The molecule has 10 nitrogen and oxygen atoms in total. The van der Waals surface area contributed by atoms with Crippen LogP contribution in [0.3, 0.4) is 0 Å². The Hall–Kier alpha value is -2.45. The number of carbonyl (C=O) groups is 2. The lowest BCUT2D eigenvalue weighted by atomic mass is 10.0. The van der Waals surface area contributed by atoms with Crippen molar-refractivity contribution in [3.63, 3.8) is 0 Å². The van der Waals surface area contributed by atoms with Crippen molar-refractivity contribution in [3.8, 4) is 0 Å². The van der Waals surface area contributed by atoms with Gasteiger partial charge in [0, 0.05) is 38.4 Å². The van der Waals surface area contributed by atoms with E-state index in [1.54, 1.807) is 27.7 Å². The van der Waals surface area contributed by atoms with E-state index in [-0.39, 0.29) is 41.7 Å². The van der Waals surface area contributed by atoms with Gasteiger partial charge >= 0.3 is 12.3 Å². The molecule has 2 saturated heterocycles. The number of piperidine rings is 1. The number of anilines is 1. The third kappa shape index (κ3) is 8.79. The van der Waals surface area contributed by atoms with E-state index < -0.39 is 37.9 Å². The molecule has 1 aromatic rings. The Bertz CT molecular complexity index is 1090. The number of rotatable bonds is 8. The number of likely N-dealkylation sites (tertiary alicyclic amines) is 1. The van der Waals surface area contributed by atoms with Gasteiger partial charge in [0.05, 0.1) is 30.4 Å². The maximum atomic E-state index is 13.5. The van der Waals surface area contributed by atoms with Gasteiger partial charge in [0.2, 0.25) is 5.95 Å². The minimum Gasteiger partial charge on any atom is -0.444 e. The fourth-order valence-electron chi connectivity index (χ4n) is 4.71. The summed E-state index contributed by atoms with van der Waals surface area (Å²) >= 11 is 0. The van der Waals surface area contributed by atoms with Crippen LogP contribution in [0.2, 0.25) is 18.1 Å². The zero-order valence-corrected chi connectivity index (χ0v) is 27.2. The number of nitrogens with zero attached hydrogens (tertiary/aromatic N) is 4. The molecule has 14 heteroatoms. The first-order valence-corrected chi connectivity index (χ1v) is 17.3. The molecule has 0 radical (unpaired) electrons. The molecule has 4 atom stereocenters. The van der Waals surface area contributed by atoms with E-state index in [4.69, 9.17) is 13.9 Å². The average Bonchev–Trinajstić information content (AvgIpc) is 3.20. The highest BCUT2D eigenvalue weighted by atomic mass is 28.4. The second-order valence-electron chi connectivity index (χ2n) is 13.7. The highest BCUT2D eigenvalue weighted by Gasteiger charge is 2.47. The summed E-state index contributed by atoms with van der Waals surface area (Å²) in [6.07, 6.45) is -3.46. The van der Waals surface area contributed by atoms with Gasteiger partial charge in [0.25, 0.3) is 5.91 Å². The van der Waals surface area contributed by atoms with Crippen molar-refractivity contribution in [1.82, 2.24) is 20.2 Å². The van der Waals surface area contributed by atoms with Crippen molar-refractivity contribution in [3.05, 3.63) is 18.0 Å². The summed E-state index contributed by atoms with van der Waals surface area (Å²) in [5.74, 6) is 0.0678. The van der Waals surface area contributed by atoms with Crippen LogP contribution in [0.5, 0.6) is 0 Å². The monoisotopic (exact) mass is 617 g/mol. The van der Waals surface area contributed by atoms with Gasteiger partial charge < -0.3 is 29.0 Å². The molecule has 0 bridgehead atoms. The van der Waals surface area contributed by atoms with Crippen molar-refractivity contribution < 1.29 is 36.7 Å². The molecule has 1 N–H and O–H groups in total. The predicted octanol–water partition coefficient (Wildman–Crippen LogP) is 5.00. The number of amides is 2. The second kappa shape index (κ2) is 12.6. The van der Waals surface area contributed by atoms with Crippen molar-refractivity contribution >= 4 is 26.3 Å². The van der Waals surface area contributed by atoms with E-state index >= 15 is 0 Å². The summed E-state index contributed by atoms with van der Waals surface area (Å²) in [4.78, 5) is 37.2. The summed E-state index contributed by atoms with van der Waals surface area (Å²) in [6.45, 7) is 19.2. The van der Waals surface area contributed by atoms with Crippen LogP contribution >= 0.6 is 0 Å². The lowest BCUT2D eigenvalue weighted by Gasteiger charge is -2.47. The number of nitrogens with one attached hydrogen (secondary N) is 1. The molecule has 0 aliphatic carbocycles. The van der Waals surface area contributed by atoms with Crippen LogP contribution in [0.1, 0.15) is 66.9 Å². The molecule has 0 spiro atoms. The van der Waals surface area contributed by atoms with E-state index in [0.717, 1.165) is 12.4 Å². The maximum absolute atomic E-state index is 13.5. The van der Waals surface area contributed by atoms with Crippen molar-refractivity contribution in [2.24, 2.45) is 0 Å². The molecule has 0 saturated carbocycles. The Morgan fingerprint density at radius 3 is 2.26 bits per heavy atom. The molecule has 1 aromatic heterocycles. The molecular formula is C28H46F3N5O5Si. The number of aromatic nitrogens is 2. The lowest BCUT2D eigenvalue weighted by Crippen LogP contribution is -2.60. The number of alkyl carbamates (subject to hydrolysis) is 1. The SMILES string of the molecule is CC(CO[C@@H]1CCN([C@@H]2CCN(c3ncc(C(F)(F)F)cn3)C[C@H]2O[Si](C)(C)C(C)(C)C)C1=O)NC(=O)OC(C)(C)C. The van der Waals surface area contributed by atoms with Gasteiger partial charge in [0.15, 0.2) is 8.32 Å². The lowest BCUT2D eigenvalue weighted by molar-refractivity contribution is -0.141. The van der Waals surface area contributed by atoms with Gasteiger partial charge in [-0.2, -0.15) is 13.2 Å². The molecule has 1 unspecified atom stereocenters. The van der Waals surface area contributed by atoms with Crippen LogP contribution in [0, 0.1) is 0 Å². The Morgan fingerprint density at radius 2 is 1.71 bits per heavy atom. The molecule has 2 aliphatic rings. The van der Waals surface area contributed by atoms with Gasteiger partial charge in [-0.15, -0.1) is 0 Å². The van der Waals surface area contributed by atoms with Crippen LogP contribution in [-0.2, 0) is 24.9 Å². The number of halogens is 3. The summed E-state index contributed by atoms with van der Waals surface area (Å²) in [5.41, 5.74) is -1.52. The molecule has 42 heavy (non-hydrogen) atoms. The van der Waals surface area contributed by atoms with Crippen LogP contribution in [0.4, 0.5) is 23.9 Å². The highest BCUT2D eigenvalue weighted by Crippen LogP contribution is 2.39. The first kappa shape index (κ1) is 34.0. The van der Waals surface area contributed by atoms with E-state index in [1.807, 2.05) is 9.80 Å². The largest absolute Gasteiger partial charge is 0.444 e. The summed E-state index contributed by atoms with van der Waals surface area (Å²) in [6, 6.07) is -0.591. The van der Waals surface area contributed by atoms with Crippen LogP contribution in [0.25, 0.3) is 0 Å². The molecule has 238 valence electrons. The Morgan fingerprint density at radius 1 is 1.10 bits per heavy atom. The fraction of sp³-hybridized carbons (Fsp3) is 0.786. The van der Waals surface area contributed by atoms with Crippen molar-refractivity contribution in [1.29, 1.82) is 0 Å². The van der Waals surface area contributed by atoms with E-state index in [9.17, 15) is 22.8 Å². The molecule has 2 fully saturated rings. The molecule has 3 rings (SSSR count). The molecule has 2 amide bonds. The first-order chi connectivity index (χ1) is 19.2. The first-order valence-electron chi connectivity index (χ1n) is 14.4. The van der Waals surface area contributed by atoms with E-state index in [1.165, 1.54) is 0 Å². The van der Waals surface area contributed by atoms with E-state index in [2.05, 4.69) is 49.1 Å². The van der Waals surface area contributed by atoms with Gasteiger partial charge in [-0.05, 0) is 52.2 Å². The van der Waals surface area contributed by atoms with Gasteiger partial charge in [-0.25, -0.2) is 14.8 Å². The zero-order valence-electron chi connectivity index (χ0n) is 26.2. The maximum Gasteiger partial charge on any atom is 0.419 e. The molecule has 3 heterocycles. The highest BCUT2D eigenvalue weighted by molar-refractivity contribution is 6.74. The fourth-order valence-corrected chi connectivity index (χ4v) is 6.06. The topological polar surface area (TPSA) is 106 Å². The molecule has 0 aromatic carbocycles. The predicted molar refractivity (Wildman–Crippen MR) is 155 cm³/mol. The number of ether oxygens (including phenoxy) is 2. The normalized spacial score (nSPS) is 23.2. The smallest absolute Gasteiger partial charge is 0.419 e. The number of alkyl halides is 3. The van der Waals surface area contributed by atoms with Gasteiger partial charge in [-0.3, -0.25) is 4.79 Å². The number of hydrogen-bond acceptors (Lipinski definition) is 8. The third-order valence-corrected chi connectivity index (χ3v) is 12.4. The van der Waals surface area contributed by atoms with E-state index in [0.29, 0.717) is 32.5 Å².